The van der Waals surface area contributed by atoms with Crippen LogP contribution in [-0.2, 0) is 16.4 Å². The van der Waals surface area contributed by atoms with Crippen molar-refractivity contribution < 1.29 is 13.2 Å². The fraction of sp³-hybridized carbons (Fsp3) is 0.280. The van der Waals surface area contributed by atoms with Gasteiger partial charge in [0, 0.05) is 61.2 Å². The zero-order valence-electron chi connectivity index (χ0n) is 20.0. The number of aryl methyl sites for hydroxylation is 1. The summed E-state index contributed by atoms with van der Waals surface area (Å²) in [5.74, 6) is 2.28. The van der Waals surface area contributed by atoms with E-state index in [4.69, 9.17) is 9.72 Å². The number of aromatic nitrogens is 2. The van der Waals surface area contributed by atoms with Crippen LogP contribution in [0.2, 0.25) is 0 Å². The number of sulfonamides is 1. The second-order valence-corrected chi connectivity index (χ2v) is 11.4. The number of thioether (sulfide) groups is 1. The van der Waals surface area contributed by atoms with Crippen LogP contribution in [0.5, 0.6) is 11.6 Å². The predicted octanol–water partition coefficient (Wildman–Crippen LogP) is 4.30. The summed E-state index contributed by atoms with van der Waals surface area (Å²) in [6, 6.07) is 15.0. The Balaban J connectivity index is 1.34. The summed E-state index contributed by atoms with van der Waals surface area (Å²) < 4.78 is 32.2. The third kappa shape index (κ3) is 5.75. The molecule has 1 fully saturated rings. The fourth-order valence-electron chi connectivity index (χ4n) is 4.05. The molecule has 36 heavy (non-hydrogen) atoms. The number of rotatable bonds is 8. The molecule has 188 valence electrons. The molecule has 1 aromatic heterocycles. The lowest BCUT2D eigenvalue weighted by atomic mass is 10.2. The summed E-state index contributed by atoms with van der Waals surface area (Å²) in [6.07, 6.45) is 0.828. The summed E-state index contributed by atoms with van der Waals surface area (Å²) in [5, 5.41) is 4.17. The first-order valence-corrected chi connectivity index (χ1v) is 14.2. The van der Waals surface area contributed by atoms with E-state index in [0.29, 0.717) is 23.3 Å². The van der Waals surface area contributed by atoms with Gasteiger partial charge in [0.2, 0.25) is 11.8 Å². The highest BCUT2D eigenvalue weighted by molar-refractivity contribution is 7.99. The Hall–Kier alpha value is -3.28. The third-order valence-corrected chi connectivity index (χ3v) is 8.08. The summed E-state index contributed by atoms with van der Waals surface area (Å²) in [6.45, 7) is 7.48. The van der Waals surface area contributed by atoms with Gasteiger partial charge >= 0.3 is 0 Å². The van der Waals surface area contributed by atoms with Crippen molar-refractivity contribution in [2.45, 2.75) is 11.3 Å². The molecule has 3 heterocycles. The lowest BCUT2D eigenvalue weighted by Gasteiger charge is -2.34. The van der Waals surface area contributed by atoms with Crippen LogP contribution in [0.1, 0.15) is 5.69 Å². The van der Waals surface area contributed by atoms with Gasteiger partial charge in [-0.3, -0.25) is 4.72 Å². The number of benzene rings is 2. The molecule has 0 spiro atoms. The Morgan fingerprint density at radius 3 is 2.58 bits per heavy atom. The predicted molar refractivity (Wildman–Crippen MR) is 145 cm³/mol. The SMILES string of the molecule is C=CS(=O)(=O)Nc1cccc(Oc2nc(Nc3ccc(N4CCN(C)CC4)cc3)nc3c2SCC3)c1. The largest absolute Gasteiger partial charge is 0.438 e. The van der Waals surface area contributed by atoms with Crippen LogP contribution in [0.25, 0.3) is 0 Å². The summed E-state index contributed by atoms with van der Waals surface area (Å²) >= 11 is 1.65. The first-order valence-electron chi connectivity index (χ1n) is 11.7. The van der Waals surface area contributed by atoms with E-state index < -0.39 is 10.0 Å². The summed E-state index contributed by atoms with van der Waals surface area (Å²) in [4.78, 5) is 15.0. The van der Waals surface area contributed by atoms with Crippen LogP contribution < -0.4 is 19.7 Å². The number of piperazine rings is 1. The van der Waals surface area contributed by atoms with Gasteiger partial charge in [-0.2, -0.15) is 4.98 Å². The lowest BCUT2D eigenvalue weighted by molar-refractivity contribution is 0.313. The zero-order valence-corrected chi connectivity index (χ0v) is 21.6. The number of likely N-dealkylation sites (N-methyl/N-ethyl adjacent to an activating group) is 1. The molecule has 0 amide bonds. The molecule has 0 radical (unpaired) electrons. The van der Waals surface area contributed by atoms with Gasteiger partial charge in [-0.15, -0.1) is 11.8 Å². The molecule has 2 aliphatic rings. The first kappa shape index (κ1) is 24.4. The standard InChI is InChI=1S/C25H28N6O3S2/c1-3-36(32,33)29-19-5-4-6-21(17-19)34-24-23-22(11-16-35-23)27-25(28-24)26-18-7-9-20(10-8-18)31-14-12-30(2)13-15-31/h3-10,17,29H,1,11-16H2,2H3,(H,26,27,28). The van der Waals surface area contributed by atoms with E-state index in [1.807, 2.05) is 12.1 Å². The molecule has 9 nitrogen and oxygen atoms in total. The average molecular weight is 525 g/mol. The minimum atomic E-state index is -3.61. The van der Waals surface area contributed by atoms with Crippen LogP contribution in [-0.4, -0.2) is 62.3 Å². The van der Waals surface area contributed by atoms with Gasteiger partial charge in [0.1, 0.15) is 5.75 Å². The van der Waals surface area contributed by atoms with E-state index >= 15 is 0 Å². The highest BCUT2D eigenvalue weighted by atomic mass is 32.2. The zero-order chi connectivity index (χ0) is 25.1. The molecule has 2 aromatic carbocycles. The van der Waals surface area contributed by atoms with Gasteiger partial charge in [0.15, 0.2) is 0 Å². The van der Waals surface area contributed by atoms with Gasteiger partial charge in [-0.05, 0) is 43.4 Å². The Morgan fingerprint density at radius 2 is 1.83 bits per heavy atom. The molecule has 3 aromatic rings. The maximum Gasteiger partial charge on any atom is 0.254 e. The van der Waals surface area contributed by atoms with Crippen molar-refractivity contribution in [3.8, 4) is 11.6 Å². The van der Waals surface area contributed by atoms with Crippen LogP contribution in [0.3, 0.4) is 0 Å². The maximum absolute atomic E-state index is 11.8. The highest BCUT2D eigenvalue weighted by Gasteiger charge is 2.22. The Kier molecular flexibility index (Phi) is 7.04. The molecule has 0 bridgehead atoms. The van der Waals surface area contributed by atoms with Gasteiger partial charge in [-0.1, -0.05) is 12.6 Å². The van der Waals surface area contributed by atoms with Crippen LogP contribution in [0.4, 0.5) is 23.0 Å². The summed E-state index contributed by atoms with van der Waals surface area (Å²) in [7, 11) is -1.46. The van der Waals surface area contributed by atoms with Crippen LogP contribution in [0.15, 0.2) is 65.4 Å². The van der Waals surface area contributed by atoms with Crippen molar-refractivity contribution in [3.05, 3.63) is 66.2 Å². The van der Waals surface area contributed by atoms with Crippen molar-refractivity contribution in [2.75, 3.05) is 53.9 Å². The molecule has 0 atom stereocenters. The number of hydrogen-bond donors (Lipinski definition) is 2. The van der Waals surface area contributed by atoms with Crippen LogP contribution >= 0.6 is 11.8 Å². The van der Waals surface area contributed by atoms with E-state index in [1.165, 1.54) is 5.69 Å². The van der Waals surface area contributed by atoms with Crippen molar-refractivity contribution in [3.63, 3.8) is 0 Å². The minimum Gasteiger partial charge on any atom is -0.438 e. The highest BCUT2D eigenvalue weighted by Crippen LogP contribution is 2.40. The normalized spacial score (nSPS) is 15.9. The molecule has 0 aliphatic carbocycles. The monoisotopic (exact) mass is 524 g/mol. The van der Waals surface area contributed by atoms with Crippen LogP contribution in [0, 0.1) is 0 Å². The molecule has 0 unspecified atom stereocenters. The number of anilines is 4. The number of ether oxygens (including phenoxy) is 1. The molecule has 5 rings (SSSR count). The smallest absolute Gasteiger partial charge is 0.254 e. The van der Waals surface area contributed by atoms with E-state index in [0.717, 1.165) is 60.0 Å². The molecular formula is C25H28N6O3S2. The van der Waals surface area contributed by atoms with E-state index in [2.05, 4.69) is 50.6 Å². The number of nitrogens with one attached hydrogen (secondary N) is 2. The van der Waals surface area contributed by atoms with Crippen molar-refractivity contribution in [2.24, 2.45) is 0 Å². The molecule has 2 aliphatic heterocycles. The molecular weight excluding hydrogens is 496 g/mol. The van der Waals surface area contributed by atoms with Crippen molar-refractivity contribution in [1.29, 1.82) is 0 Å². The lowest BCUT2D eigenvalue weighted by Crippen LogP contribution is -2.44. The Morgan fingerprint density at radius 1 is 1.06 bits per heavy atom. The number of fused-ring (bicyclic) bond motifs is 1. The second kappa shape index (κ2) is 10.4. The van der Waals surface area contributed by atoms with Gasteiger partial charge in [0.05, 0.1) is 16.3 Å². The number of hydrogen-bond acceptors (Lipinski definition) is 9. The van der Waals surface area contributed by atoms with Gasteiger partial charge < -0.3 is 19.9 Å². The van der Waals surface area contributed by atoms with Gasteiger partial charge in [-0.25, -0.2) is 13.4 Å². The van der Waals surface area contributed by atoms with Crippen molar-refractivity contribution >= 4 is 44.8 Å². The van der Waals surface area contributed by atoms with Gasteiger partial charge in [0.25, 0.3) is 10.0 Å². The molecule has 0 saturated carbocycles. The Bertz CT molecular complexity index is 1360. The van der Waals surface area contributed by atoms with Crippen molar-refractivity contribution in [1.82, 2.24) is 14.9 Å². The molecule has 1 saturated heterocycles. The Labute approximate surface area is 215 Å². The molecule has 11 heteroatoms. The van der Waals surface area contributed by atoms with E-state index in [-0.39, 0.29) is 0 Å². The fourth-order valence-corrected chi connectivity index (χ4v) is 5.62. The summed E-state index contributed by atoms with van der Waals surface area (Å²) in [5.41, 5.74) is 3.41. The van der Waals surface area contributed by atoms with E-state index in [9.17, 15) is 8.42 Å². The third-order valence-electron chi connectivity index (χ3n) is 6.01. The second-order valence-electron chi connectivity index (χ2n) is 8.63. The topological polar surface area (TPSA) is 99.7 Å². The maximum atomic E-state index is 11.8. The van der Waals surface area contributed by atoms with E-state index in [1.54, 1.807) is 36.0 Å². The minimum absolute atomic E-state index is 0.379. The quantitative estimate of drug-likeness (QED) is 0.447. The average Bonchev–Trinajstić information content (AvgIpc) is 3.34. The number of nitrogens with zero attached hydrogens (tertiary/aromatic N) is 4. The first-order chi connectivity index (χ1) is 17.4. The molecule has 2 N–H and O–H groups in total.